The average Bonchev–Trinajstić information content (AvgIpc) is 2.98. The number of H-pyrrole nitrogens is 1. The van der Waals surface area contributed by atoms with Crippen LogP contribution in [0.2, 0.25) is 0 Å². The van der Waals surface area contributed by atoms with E-state index in [0.717, 1.165) is 0 Å². The van der Waals surface area contributed by atoms with Crippen molar-refractivity contribution in [2.45, 2.75) is 6.54 Å². The fraction of sp³-hybridized carbons (Fsp3) is 0.182. The van der Waals surface area contributed by atoms with Gasteiger partial charge in [-0.05, 0) is 6.07 Å². The minimum Gasteiger partial charge on any atom is -0.334 e. The smallest absolute Gasteiger partial charge is 0.294 e. The van der Waals surface area contributed by atoms with E-state index in [2.05, 4.69) is 20.6 Å². The average molecular weight is 291 g/mol. The van der Waals surface area contributed by atoms with Crippen LogP contribution in [0.3, 0.4) is 0 Å². The molecule has 1 aromatic carbocycles. The maximum atomic E-state index is 12.4. The predicted molar refractivity (Wildman–Crippen MR) is 73.1 cm³/mol. The summed E-state index contributed by atoms with van der Waals surface area (Å²) in [5, 5.41) is 17.3. The molecule has 2 rings (SSSR count). The third-order valence-corrected chi connectivity index (χ3v) is 2.81. The number of nitrogen functional groups attached to an aromatic ring is 1. The number of para-hydroxylation sites is 1. The number of hydrogen-bond acceptors (Lipinski definition) is 7. The van der Waals surface area contributed by atoms with Gasteiger partial charge in [0.05, 0.1) is 17.0 Å². The van der Waals surface area contributed by atoms with Crippen molar-refractivity contribution in [3.8, 4) is 0 Å². The Kier molecular flexibility index (Phi) is 4.09. The molecule has 10 heteroatoms. The Bertz CT molecular complexity index is 656. The number of nitro groups is 1. The van der Waals surface area contributed by atoms with Crippen molar-refractivity contribution in [3.05, 3.63) is 46.0 Å². The molecule has 10 nitrogen and oxygen atoms in total. The fourth-order valence-electron chi connectivity index (χ4n) is 1.83. The van der Waals surface area contributed by atoms with Crippen LogP contribution < -0.4 is 11.3 Å². The van der Waals surface area contributed by atoms with Crippen molar-refractivity contribution in [1.29, 1.82) is 0 Å². The van der Waals surface area contributed by atoms with Crippen molar-refractivity contribution in [1.82, 2.24) is 20.1 Å². The predicted octanol–water partition coefficient (Wildman–Crippen LogP) is 0.271. The molecule has 1 amide bonds. The van der Waals surface area contributed by atoms with Gasteiger partial charge in [0, 0.05) is 13.1 Å². The first kappa shape index (κ1) is 14.4. The molecular formula is C11H13N7O3. The highest BCUT2D eigenvalue weighted by molar-refractivity contribution is 6.01. The van der Waals surface area contributed by atoms with E-state index in [0.29, 0.717) is 5.82 Å². The minimum atomic E-state index is -0.609. The maximum Gasteiger partial charge on any atom is 0.294 e. The van der Waals surface area contributed by atoms with Gasteiger partial charge in [0.25, 0.3) is 11.6 Å². The van der Waals surface area contributed by atoms with Crippen LogP contribution in [0.15, 0.2) is 24.5 Å². The molecule has 0 saturated carbocycles. The Labute approximate surface area is 119 Å². The molecule has 0 fully saturated rings. The molecule has 0 spiro atoms. The first-order valence-electron chi connectivity index (χ1n) is 5.88. The zero-order valence-corrected chi connectivity index (χ0v) is 11.1. The molecule has 1 heterocycles. The zero-order chi connectivity index (χ0) is 15.4. The second kappa shape index (κ2) is 5.96. The summed E-state index contributed by atoms with van der Waals surface area (Å²) >= 11 is 0. The van der Waals surface area contributed by atoms with Crippen LogP contribution in [0, 0.1) is 10.1 Å². The van der Waals surface area contributed by atoms with E-state index in [1.165, 1.54) is 29.4 Å². The van der Waals surface area contributed by atoms with Gasteiger partial charge in [0.1, 0.15) is 17.8 Å². The van der Waals surface area contributed by atoms with E-state index in [-0.39, 0.29) is 23.5 Å². The monoisotopic (exact) mass is 291 g/mol. The van der Waals surface area contributed by atoms with Gasteiger partial charge in [0.15, 0.2) is 0 Å². The van der Waals surface area contributed by atoms with Gasteiger partial charge in [-0.15, -0.1) is 0 Å². The van der Waals surface area contributed by atoms with Crippen LogP contribution >= 0.6 is 0 Å². The summed E-state index contributed by atoms with van der Waals surface area (Å²) in [5.41, 5.74) is 2.02. The maximum absolute atomic E-state index is 12.4. The van der Waals surface area contributed by atoms with Gasteiger partial charge in [0.2, 0.25) is 0 Å². The van der Waals surface area contributed by atoms with Crippen LogP contribution in [0.1, 0.15) is 16.2 Å². The fourth-order valence-corrected chi connectivity index (χ4v) is 1.83. The van der Waals surface area contributed by atoms with Crippen molar-refractivity contribution in [3.63, 3.8) is 0 Å². The summed E-state index contributed by atoms with van der Waals surface area (Å²) < 4.78 is 0. The molecule has 0 aliphatic carbocycles. The summed E-state index contributed by atoms with van der Waals surface area (Å²) in [4.78, 5) is 28.0. The first-order chi connectivity index (χ1) is 10.0. The number of rotatable bonds is 5. The third-order valence-electron chi connectivity index (χ3n) is 2.81. The topological polar surface area (TPSA) is 143 Å². The van der Waals surface area contributed by atoms with Crippen LogP contribution in [-0.2, 0) is 6.54 Å². The lowest BCUT2D eigenvalue weighted by Crippen LogP contribution is -2.28. The van der Waals surface area contributed by atoms with E-state index in [9.17, 15) is 14.9 Å². The molecule has 2 aromatic rings. The van der Waals surface area contributed by atoms with Crippen LogP contribution in [0.5, 0.6) is 0 Å². The first-order valence-corrected chi connectivity index (χ1v) is 5.88. The minimum absolute atomic E-state index is 0.0306. The molecular weight excluding hydrogens is 278 g/mol. The zero-order valence-electron chi connectivity index (χ0n) is 11.1. The second-order valence-corrected chi connectivity index (χ2v) is 4.19. The molecule has 0 atom stereocenters. The van der Waals surface area contributed by atoms with Crippen molar-refractivity contribution >= 4 is 17.3 Å². The summed E-state index contributed by atoms with van der Waals surface area (Å²) in [6.45, 7) is 0.186. The quantitative estimate of drug-likeness (QED) is 0.407. The normalized spacial score (nSPS) is 10.2. The molecule has 4 N–H and O–H groups in total. The number of anilines is 1. The Hall–Kier alpha value is -3.01. The highest BCUT2D eigenvalue weighted by atomic mass is 16.6. The van der Waals surface area contributed by atoms with E-state index in [1.54, 1.807) is 7.05 Å². The number of hydrazine groups is 1. The molecule has 0 aliphatic heterocycles. The number of benzene rings is 1. The van der Waals surface area contributed by atoms with E-state index < -0.39 is 10.8 Å². The number of nitrogens with two attached hydrogens (primary N) is 1. The number of aromatic nitrogens is 3. The number of carbonyl (C=O) groups excluding carboxylic acids is 1. The lowest BCUT2D eigenvalue weighted by molar-refractivity contribution is -0.384. The third kappa shape index (κ3) is 2.95. The number of nitro benzene ring substituents is 1. The molecule has 0 radical (unpaired) electrons. The second-order valence-electron chi connectivity index (χ2n) is 4.19. The Balaban J connectivity index is 2.30. The van der Waals surface area contributed by atoms with Gasteiger partial charge in [-0.2, -0.15) is 5.10 Å². The van der Waals surface area contributed by atoms with Crippen LogP contribution in [0.25, 0.3) is 0 Å². The van der Waals surface area contributed by atoms with Gasteiger partial charge in [-0.25, -0.2) is 4.98 Å². The Morgan fingerprint density at radius 1 is 1.57 bits per heavy atom. The van der Waals surface area contributed by atoms with Crippen LogP contribution in [-0.4, -0.2) is 38.0 Å². The number of carbonyl (C=O) groups is 1. The molecule has 110 valence electrons. The van der Waals surface area contributed by atoms with E-state index >= 15 is 0 Å². The van der Waals surface area contributed by atoms with E-state index in [4.69, 9.17) is 5.84 Å². The van der Waals surface area contributed by atoms with Gasteiger partial charge < -0.3 is 10.3 Å². The number of nitrogens with one attached hydrogen (secondary N) is 2. The summed E-state index contributed by atoms with van der Waals surface area (Å²) in [6.07, 6.45) is 1.33. The summed E-state index contributed by atoms with van der Waals surface area (Å²) in [6, 6.07) is 4.15. The molecule has 21 heavy (non-hydrogen) atoms. The molecule has 0 aliphatic rings. The van der Waals surface area contributed by atoms with Crippen molar-refractivity contribution < 1.29 is 9.72 Å². The van der Waals surface area contributed by atoms with E-state index in [1.807, 2.05) is 0 Å². The molecule has 0 saturated heterocycles. The van der Waals surface area contributed by atoms with Crippen molar-refractivity contribution in [2.24, 2.45) is 5.84 Å². The van der Waals surface area contributed by atoms with Crippen molar-refractivity contribution in [2.75, 3.05) is 12.5 Å². The van der Waals surface area contributed by atoms with Crippen LogP contribution in [0.4, 0.5) is 11.4 Å². The number of aromatic amines is 1. The van der Waals surface area contributed by atoms with Gasteiger partial charge in [-0.1, -0.05) is 6.07 Å². The Morgan fingerprint density at radius 3 is 2.90 bits per heavy atom. The molecule has 0 bridgehead atoms. The summed E-state index contributed by atoms with van der Waals surface area (Å²) in [7, 11) is 1.55. The Morgan fingerprint density at radius 2 is 2.33 bits per heavy atom. The lowest BCUT2D eigenvalue weighted by atomic mass is 10.1. The number of nitrogens with zero attached hydrogens (tertiary/aromatic N) is 4. The van der Waals surface area contributed by atoms with Gasteiger partial charge in [-0.3, -0.25) is 25.9 Å². The lowest BCUT2D eigenvalue weighted by Gasteiger charge is -2.17. The number of hydrogen-bond donors (Lipinski definition) is 3. The molecule has 0 unspecified atom stereocenters. The highest BCUT2D eigenvalue weighted by Gasteiger charge is 2.23. The molecule has 1 aromatic heterocycles. The van der Waals surface area contributed by atoms with Gasteiger partial charge >= 0.3 is 0 Å². The number of amides is 1. The summed E-state index contributed by atoms with van der Waals surface area (Å²) in [5.74, 6) is 5.38. The SMILES string of the molecule is CN(Cc1ncn[nH]1)C(=O)c1cccc([N+](=O)[O-])c1NN. The highest BCUT2D eigenvalue weighted by Crippen LogP contribution is 2.28. The standard InChI is InChI=1S/C11H13N7O3/c1-17(5-9-13-6-14-16-9)11(19)7-3-2-4-8(18(20)21)10(7)15-12/h2-4,6,15H,5,12H2,1H3,(H,13,14,16). The largest absolute Gasteiger partial charge is 0.334 e.